The molecule has 0 fully saturated rings. The second kappa shape index (κ2) is 9.66. The lowest BCUT2D eigenvalue weighted by Gasteiger charge is -2.08. The molecule has 0 radical (unpaired) electrons. The summed E-state index contributed by atoms with van der Waals surface area (Å²) in [4.78, 5) is 13.2. The number of carbonyl (C=O) groups is 1. The molecule has 2 heterocycles. The van der Waals surface area contributed by atoms with Crippen molar-refractivity contribution in [3.63, 3.8) is 0 Å². The number of carbonyl (C=O) groups excluding carboxylic acids is 1. The Morgan fingerprint density at radius 2 is 1.86 bits per heavy atom. The van der Waals surface area contributed by atoms with Crippen molar-refractivity contribution in [2.75, 3.05) is 12.3 Å². The Hall–Kier alpha value is -5.06. The molecule has 0 atom stereocenters. The van der Waals surface area contributed by atoms with Crippen LogP contribution in [0.3, 0.4) is 0 Å². The van der Waals surface area contributed by atoms with Gasteiger partial charge in [-0.05, 0) is 70.8 Å². The first-order valence-corrected chi connectivity index (χ1v) is 11.2. The van der Waals surface area contributed by atoms with Crippen molar-refractivity contribution < 1.29 is 14.2 Å². The molecular weight excluding hydrogens is 460 g/mol. The molecule has 0 aliphatic rings. The van der Waals surface area contributed by atoms with E-state index >= 15 is 0 Å². The van der Waals surface area contributed by atoms with Crippen LogP contribution < -0.4 is 15.9 Å². The van der Waals surface area contributed by atoms with Gasteiger partial charge < -0.3 is 10.5 Å². The van der Waals surface area contributed by atoms with Crippen molar-refractivity contribution in [2.24, 2.45) is 5.10 Å². The van der Waals surface area contributed by atoms with Crippen LogP contribution in [0.1, 0.15) is 29.9 Å². The third-order valence-corrected chi connectivity index (χ3v) is 5.51. The van der Waals surface area contributed by atoms with Crippen LogP contribution in [0.4, 0.5) is 5.82 Å². The number of nitrogens with two attached hydrogens (primary N) is 1. The average molecular weight is 483 g/mol. The number of aromatic nitrogens is 5. The van der Waals surface area contributed by atoms with Gasteiger partial charge in [-0.1, -0.05) is 41.6 Å². The number of hydrogen-bond acceptors (Lipinski definition) is 9. The number of hydrogen-bond donors (Lipinski definition) is 2. The SMILES string of the molecule is CCOc1ccc(-c2c(C(=O)N/N=C(/C)c3ccc4ccccc4c3)nnn2-c2nonc2N)cc1. The molecule has 3 N–H and O–H groups in total. The highest BCUT2D eigenvalue weighted by Gasteiger charge is 2.25. The zero-order valence-corrected chi connectivity index (χ0v) is 19.5. The van der Waals surface area contributed by atoms with E-state index in [4.69, 9.17) is 15.1 Å². The first-order chi connectivity index (χ1) is 17.5. The lowest BCUT2D eigenvalue weighted by molar-refractivity contribution is 0.0950. The van der Waals surface area contributed by atoms with Crippen LogP contribution in [0.15, 0.2) is 76.5 Å². The van der Waals surface area contributed by atoms with Crippen LogP contribution in [0.25, 0.3) is 27.8 Å². The van der Waals surface area contributed by atoms with Crippen LogP contribution in [-0.4, -0.2) is 43.5 Å². The van der Waals surface area contributed by atoms with Gasteiger partial charge in [-0.15, -0.1) is 5.10 Å². The van der Waals surface area contributed by atoms with E-state index < -0.39 is 5.91 Å². The Labute approximate surface area is 205 Å². The Balaban J connectivity index is 1.48. The predicted molar refractivity (Wildman–Crippen MR) is 134 cm³/mol. The molecule has 0 bridgehead atoms. The second-order valence-corrected chi connectivity index (χ2v) is 7.83. The van der Waals surface area contributed by atoms with Crippen molar-refractivity contribution >= 4 is 28.2 Å². The number of nitrogens with one attached hydrogen (secondary N) is 1. The van der Waals surface area contributed by atoms with E-state index in [0.29, 0.717) is 29.3 Å². The molecule has 1 amide bonds. The molecule has 2 aromatic heterocycles. The van der Waals surface area contributed by atoms with E-state index in [2.05, 4.69) is 31.2 Å². The Kier molecular flexibility index (Phi) is 6.10. The molecule has 11 heteroatoms. The van der Waals surface area contributed by atoms with E-state index in [1.54, 1.807) is 24.3 Å². The first-order valence-electron chi connectivity index (χ1n) is 11.2. The number of amides is 1. The zero-order chi connectivity index (χ0) is 25.1. The topological polar surface area (TPSA) is 146 Å². The molecule has 0 aliphatic heterocycles. The summed E-state index contributed by atoms with van der Waals surface area (Å²) < 4.78 is 11.5. The molecule has 11 nitrogen and oxygen atoms in total. The molecule has 3 aromatic carbocycles. The fourth-order valence-electron chi connectivity index (χ4n) is 3.72. The minimum absolute atomic E-state index is 0.00390. The molecular formula is C25H22N8O3. The van der Waals surface area contributed by atoms with Crippen molar-refractivity contribution in [2.45, 2.75) is 13.8 Å². The van der Waals surface area contributed by atoms with Gasteiger partial charge in [0.1, 0.15) is 11.4 Å². The van der Waals surface area contributed by atoms with Gasteiger partial charge in [0.2, 0.25) is 11.6 Å². The van der Waals surface area contributed by atoms with Gasteiger partial charge in [-0.3, -0.25) is 4.79 Å². The van der Waals surface area contributed by atoms with Crippen molar-refractivity contribution in [1.82, 2.24) is 30.7 Å². The molecule has 180 valence electrons. The number of hydrazone groups is 1. The molecule has 5 rings (SSSR count). The summed E-state index contributed by atoms with van der Waals surface area (Å²) in [6.45, 7) is 4.24. The van der Waals surface area contributed by atoms with Crippen LogP contribution in [0.2, 0.25) is 0 Å². The number of nitrogens with zero attached hydrogens (tertiary/aromatic N) is 6. The Morgan fingerprint density at radius 3 is 2.58 bits per heavy atom. The minimum atomic E-state index is -0.555. The monoisotopic (exact) mass is 482 g/mol. The van der Waals surface area contributed by atoms with Gasteiger partial charge in [0.15, 0.2) is 5.69 Å². The zero-order valence-electron chi connectivity index (χ0n) is 19.5. The Bertz CT molecular complexity index is 1570. The lowest BCUT2D eigenvalue weighted by Crippen LogP contribution is -2.21. The normalized spacial score (nSPS) is 11.6. The van der Waals surface area contributed by atoms with Gasteiger partial charge in [0, 0.05) is 5.56 Å². The van der Waals surface area contributed by atoms with Crippen molar-refractivity contribution in [1.29, 1.82) is 0 Å². The van der Waals surface area contributed by atoms with Gasteiger partial charge in [-0.2, -0.15) is 9.78 Å². The molecule has 0 aliphatic carbocycles. The maximum atomic E-state index is 13.2. The fraction of sp³-hybridized carbons (Fsp3) is 0.120. The molecule has 36 heavy (non-hydrogen) atoms. The summed E-state index contributed by atoms with van der Waals surface area (Å²) in [6.07, 6.45) is 0. The summed E-state index contributed by atoms with van der Waals surface area (Å²) in [5.41, 5.74) is 11.0. The predicted octanol–water partition coefficient (Wildman–Crippen LogP) is 3.61. The summed E-state index contributed by atoms with van der Waals surface area (Å²) in [6, 6.07) is 21.1. The smallest absolute Gasteiger partial charge is 0.294 e. The van der Waals surface area contributed by atoms with Crippen molar-refractivity contribution in [3.8, 4) is 22.8 Å². The average Bonchev–Trinajstić information content (AvgIpc) is 3.53. The summed E-state index contributed by atoms with van der Waals surface area (Å²) in [5, 5.41) is 22.0. The third kappa shape index (κ3) is 4.37. The highest BCUT2D eigenvalue weighted by atomic mass is 16.6. The van der Waals surface area contributed by atoms with Crippen LogP contribution >= 0.6 is 0 Å². The van der Waals surface area contributed by atoms with Crippen LogP contribution in [0, 0.1) is 0 Å². The number of benzene rings is 3. The van der Waals surface area contributed by atoms with Crippen LogP contribution in [0.5, 0.6) is 5.75 Å². The number of ether oxygens (including phenoxy) is 1. The largest absolute Gasteiger partial charge is 0.494 e. The van der Waals surface area contributed by atoms with E-state index in [0.717, 1.165) is 16.3 Å². The van der Waals surface area contributed by atoms with Gasteiger partial charge in [0.05, 0.1) is 12.3 Å². The second-order valence-electron chi connectivity index (χ2n) is 7.83. The summed E-state index contributed by atoms with van der Waals surface area (Å²) in [5.74, 6) is 0.246. The van der Waals surface area contributed by atoms with Gasteiger partial charge in [-0.25, -0.2) is 10.1 Å². The quantitative estimate of drug-likeness (QED) is 0.264. The van der Waals surface area contributed by atoms with E-state index in [1.165, 1.54) is 4.68 Å². The third-order valence-electron chi connectivity index (χ3n) is 5.51. The minimum Gasteiger partial charge on any atom is -0.494 e. The van der Waals surface area contributed by atoms with Crippen molar-refractivity contribution in [3.05, 3.63) is 78.0 Å². The maximum Gasteiger partial charge on any atom is 0.294 e. The number of fused-ring (bicyclic) bond motifs is 1. The molecule has 5 aromatic rings. The summed E-state index contributed by atoms with van der Waals surface area (Å²) >= 11 is 0. The molecule has 0 saturated carbocycles. The first kappa shape index (κ1) is 22.7. The highest BCUT2D eigenvalue weighted by Crippen LogP contribution is 2.28. The van der Waals surface area contributed by atoms with E-state index in [9.17, 15) is 4.79 Å². The van der Waals surface area contributed by atoms with E-state index in [1.807, 2.05) is 56.3 Å². The molecule has 0 saturated heterocycles. The number of nitrogen functional groups attached to an aromatic ring is 1. The van der Waals surface area contributed by atoms with Crippen LogP contribution in [-0.2, 0) is 0 Å². The van der Waals surface area contributed by atoms with Gasteiger partial charge >= 0.3 is 0 Å². The highest BCUT2D eigenvalue weighted by molar-refractivity contribution is 6.04. The lowest BCUT2D eigenvalue weighted by atomic mass is 10.0. The van der Waals surface area contributed by atoms with E-state index in [-0.39, 0.29) is 17.3 Å². The maximum absolute atomic E-state index is 13.2. The number of rotatable bonds is 7. The standard InChI is InChI=1S/C25H22N8O3/c1-3-35-20-12-10-17(11-13-20)22-21(28-32-33(22)24-23(26)30-36-31-24)25(34)29-27-15(2)18-9-8-16-6-4-5-7-19(16)14-18/h4-14H,3H2,1-2H3,(H2,26,30)(H,29,34)/b27-15-. The fourth-order valence-corrected chi connectivity index (χ4v) is 3.72. The summed E-state index contributed by atoms with van der Waals surface area (Å²) in [7, 11) is 0. The Morgan fingerprint density at radius 1 is 1.08 bits per heavy atom. The number of anilines is 1. The van der Waals surface area contributed by atoms with Gasteiger partial charge in [0.25, 0.3) is 5.91 Å². The molecule has 0 spiro atoms. The molecule has 0 unspecified atom stereocenters.